The van der Waals surface area contributed by atoms with Crippen molar-refractivity contribution < 1.29 is 4.79 Å². The minimum Gasteiger partial charge on any atom is -0.356 e. The first kappa shape index (κ1) is 19.3. The number of aromatic amines is 1. The smallest absolute Gasteiger partial charge is 0.270 e. The van der Waals surface area contributed by atoms with Crippen LogP contribution in [-0.2, 0) is 4.79 Å². The third-order valence-corrected chi connectivity index (χ3v) is 7.14. The third-order valence-electron chi connectivity index (χ3n) is 6.17. The van der Waals surface area contributed by atoms with E-state index in [1.807, 2.05) is 11.4 Å². The molecule has 2 N–H and O–H groups in total. The van der Waals surface area contributed by atoms with Crippen molar-refractivity contribution in [1.29, 1.82) is 0 Å². The quantitative estimate of drug-likeness (QED) is 0.657. The highest BCUT2D eigenvalue weighted by atomic mass is 32.1. The fourth-order valence-electron chi connectivity index (χ4n) is 4.15. The van der Waals surface area contributed by atoms with Crippen LogP contribution in [0.5, 0.6) is 0 Å². The maximum Gasteiger partial charge on any atom is 0.270 e. The fourth-order valence-corrected chi connectivity index (χ4v) is 5.06. The molecular weight excluding hydrogens is 396 g/mol. The Balaban J connectivity index is 1.35. The largest absolute Gasteiger partial charge is 0.356 e. The number of aromatic nitrogens is 2. The van der Waals surface area contributed by atoms with Gasteiger partial charge < -0.3 is 10.2 Å². The molecule has 0 spiro atoms. The van der Waals surface area contributed by atoms with Crippen LogP contribution < -0.4 is 15.8 Å². The Kier molecular flexibility index (Phi) is 5.06. The number of carbonyl (C=O) groups is 1. The van der Waals surface area contributed by atoms with E-state index in [9.17, 15) is 9.59 Å². The van der Waals surface area contributed by atoms with E-state index >= 15 is 0 Å². The second-order valence-corrected chi connectivity index (χ2v) is 9.42. The predicted octanol–water partition coefficient (Wildman–Crippen LogP) is 3.70. The summed E-state index contributed by atoms with van der Waals surface area (Å²) in [7, 11) is 0. The molecule has 1 saturated heterocycles. The first-order valence-electron chi connectivity index (χ1n) is 10.7. The Labute approximate surface area is 179 Å². The molecule has 0 unspecified atom stereocenters. The van der Waals surface area contributed by atoms with Gasteiger partial charge in [0.25, 0.3) is 5.56 Å². The van der Waals surface area contributed by atoms with E-state index in [0.717, 1.165) is 49.1 Å². The van der Waals surface area contributed by atoms with Gasteiger partial charge in [0.2, 0.25) is 11.9 Å². The summed E-state index contributed by atoms with van der Waals surface area (Å²) in [5, 5.41) is 5.12. The Morgan fingerprint density at radius 1 is 1.27 bits per heavy atom. The number of benzene rings is 1. The summed E-state index contributed by atoms with van der Waals surface area (Å²) in [6, 6.07) is 8.27. The van der Waals surface area contributed by atoms with Crippen LogP contribution in [0, 0.1) is 18.8 Å². The second kappa shape index (κ2) is 7.87. The molecule has 1 aliphatic heterocycles. The molecule has 0 radical (unpaired) electrons. The molecule has 0 bridgehead atoms. The molecule has 1 saturated carbocycles. The molecule has 2 aliphatic rings. The lowest BCUT2D eigenvalue weighted by atomic mass is 9.96. The van der Waals surface area contributed by atoms with E-state index < -0.39 is 0 Å². The average Bonchev–Trinajstić information content (AvgIpc) is 3.49. The minimum absolute atomic E-state index is 0.0551. The lowest BCUT2D eigenvalue weighted by Gasteiger charge is -2.31. The number of hydrogen-bond donors (Lipinski definition) is 2. The molecule has 5 rings (SSSR count). The molecule has 1 aliphatic carbocycles. The van der Waals surface area contributed by atoms with Crippen molar-refractivity contribution in [3.8, 4) is 11.1 Å². The normalized spacial score (nSPS) is 17.4. The van der Waals surface area contributed by atoms with Crippen molar-refractivity contribution in [3.05, 3.63) is 45.6 Å². The number of aryl methyl sites for hydroxylation is 1. The summed E-state index contributed by atoms with van der Waals surface area (Å²) in [6.07, 6.45) is 4.06. The van der Waals surface area contributed by atoms with Crippen molar-refractivity contribution in [2.24, 2.45) is 11.8 Å². The van der Waals surface area contributed by atoms with Gasteiger partial charge in [-0.2, -0.15) is 0 Å². The van der Waals surface area contributed by atoms with Gasteiger partial charge in [-0.05, 0) is 44.1 Å². The first-order chi connectivity index (χ1) is 14.6. The zero-order chi connectivity index (χ0) is 20.7. The van der Waals surface area contributed by atoms with Gasteiger partial charge >= 0.3 is 0 Å². The SMILES string of the molecule is Cc1cccc(-c2csc3c(=O)[nH]c(N4CCC(C(=O)NCC5CC5)CC4)nc23)c1. The van der Waals surface area contributed by atoms with Crippen LogP contribution in [-0.4, -0.2) is 35.5 Å². The molecule has 2 aromatic heterocycles. The van der Waals surface area contributed by atoms with Gasteiger partial charge in [0.15, 0.2) is 0 Å². The highest BCUT2D eigenvalue weighted by molar-refractivity contribution is 7.17. The number of piperidine rings is 1. The van der Waals surface area contributed by atoms with Crippen molar-refractivity contribution in [3.63, 3.8) is 0 Å². The second-order valence-electron chi connectivity index (χ2n) is 8.54. The number of carbonyl (C=O) groups excluding carboxylic acids is 1. The zero-order valence-electron chi connectivity index (χ0n) is 17.1. The number of anilines is 1. The van der Waals surface area contributed by atoms with Gasteiger partial charge in [-0.3, -0.25) is 14.6 Å². The number of rotatable bonds is 5. The van der Waals surface area contributed by atoms with E-state index in [0.29, 0.717) is 16.6 Å². The number of nitrogens with one attached hydrogen (secondary N) is 2. The average molecular weight is 423 g/mol. The lowest BCUT2D eigenvalue weighted by molar-refractivity contribution is -0.125. The predicted molar refractivity (Wildman–Crippen MR) is 121 cm³/mol. The van der Waals surface area contributed by atoms with Gasteiger partial charge in [-0.1, -0.05) is 29.8 Å². The van der Waals surface area contributed by atoms with Crippen molar-refractivity contribution >= 4 is 33.4 Å². The molecule has 30 heavy (non-hydrogen) atoms. The Morgan fingerprint density at radius 2 is 2.07 bits per heavy atom. The highest BCUT2D eigenvalue weighted by Crippen LogP contribution is 2.33. The highest BCUT2D eigenvalue weighted by Gasteiger charge is 2.28. The summed E-state index contributed by atoms with van der Waals surface area (Å²) in [5.41, 5.74) is 3.92. The minimum atomic E-state index is -0.0943. The standard InChI is InChI=1S/C23H26N4O2S/c1-14-3-2-4-17(11-14)18-13-30-20-19(18)25-23(26-22(20)29)27-9-7-16(8-10-27)21(28)24-12-15-5-6-15/h2-4,11,13,15-16H,5-10,12H2,1H3,(H,24,28)(H,25,26,29). The summed E-state index contributed by atoms with van der Waals surface area (Å²) in [6.45, 7) is 4.33. The molecule has 3 heterocycles. The Morgan fingerprint density at radius 3 is 2.80 bits per heavy atom. The number of hydrogen-bond acceptors (Lipinski definition) is 5. The molecule has 1 amide bonds. The van der Waals surface area contributed by atoms with Crippen LogP contribution >= 0.6 is 11.3 Å². The molecule has 7 heteroatoms. The number of nitrogens with zero attached hydrogens (tertiary/aromatic N) is 2. The van der Waals surface area contributed by atoms with Gasteiger partial charge in [0, 0.05) is 36.5 Å². The van der Waals surface area contributed by atoms with Gasteiger partial charge in [0.05, 0.1) is 5.52 Å². The molecule has 3 aromatic rings. The van der Waals surface area contributed by atoms with Crippen LogP contribution in [0.4, 0.5) is 5.95 Å². The zero-order valence-corrected chi connectivity index (χ0v) is 17.9. The molecular formula is C23H26N4O2S. The van der Waals surface area contributed by atoms with Crippen LogP contribution in [0.2, 0.25) is 0 Å². The van der Waals surface area contributed by atoms with Crippen molar-refractivity contribution in [1.82, 2.24) is 15.3 Å². The summed E-state index contributed by atoms with van der Waals surface area (Å²) < 4.78 is 0.657. The van der Waals surface area contributed by atoms with Crippen LogP contribution in [0.25, 0.3) is 21.3 Å². The van der Waals surface area contributed by atoms with Crippen LogP contribution in [0.3, 0.4) is 0 Å². The molecule has 1 aromatic carbocycles. The summed E-state index contributed by atoms with van der Waals surface area (Å²) >= 11 is 1.44. The van der Waals surface area contributed by atoms with E-state index in [-0.39, 0.29) is 17.4 Å². The van der Waals surface area contributed by atoms with Gasteiger partial charge in [0.1, 0.15) is 4.70 Å². The monoisotopic (exact) mass is 422 g/mol. The maximum absolute atomic E-state index is 12.7. The fraction of sp³-hybridized carbons (Fsp3) is 0.435. The van der Waals surface area contributed by atoms with Gasteiger partial charge in [-0.15, -0.1) is 11.3 Å². The number of thiophene rings is 1. The van der Waals surface area contributed by atoms with E-state index in [2.05, 4.69) is 40.3 Å². The number of H-pyrrole nitrogens is 1. The van der Waals surface area contributed by atoms with E-state index in [4.69, 9.17) is 4.98 Å². The first-order valence-corrected chi connectivity index (χ1v) is 11.6. The van der Waals surface area contributed by atoms with Crippen molar-refractivity contribution in [2.45, 2.75) is 32.6 Å². The molecule has 6 nitrogen and oxygen atoms in total. The van der Waals surface area contributed by atoms with Crippen LogP contribution in [0.15, 0.2) is 34.4 Å². The molecule has 0 atom stereocenters. The molecule has 2 fully saturated rings. The van der Waals surface area contributed by atoms with Crippen LogP contribution in [0.1, 0.15) is 31.2 Å². The lowest BCUT2D eigenvalue weighted by Crippen LogP contribution is -2.42. The van der Waals surface area contributed by atoms with E-state index in [1.165, 1.54) is 29.7 Å². The number of amides is 1. The summed E-state index contributed by atoms with van der Waals surface area (Å²) in [5.74, 6) is 1.54. The Bertz CT molecular complexity index is 1140. The third kappa shape index (κ3) is 3.86. The molecule has 156 valence electrons. The number of fused-ring (bicyclic) bond motifs is 1. The summed E-state index contributed by atoms with van der Waals surface area (Å²) in [4.78, 5) is 35.0. The topological polar surface area (TPSA) is 78.1 Å². The maximum atomic E-state index is 12.7. The van der Waals surface area contributed by atoms with Gasteiger partial charge in [-0.25, -0.2) is 4.98 Å². The Hall–Kier alpha value is -2.67. The van der Waals surface area contributed by atoms with E-state index in [1.54, 1.807) is 0 Å². The van der Waals surface area contributed by atoms with Crippen molar-refractivity contribution in [2.75, 3.05) is 24.5 Å².